The van der Waals surface area contributed by atoms with E-state index in [-0.39, 0.29) is 162 Å². The van der Waals surface area contributed by atoms with Gasteiger partial charge < -0.3 is 43.5 Å². The Labute approximate surface area is 252 Å². The van der Waals surface area contributed by atoms with Crippen molar-refractivity contribution in [1.29, 1.82) is 0 Å². The Morgan fingerprint density at radius 1 is 0.571 bits per heavy atom. The maximum atomic E-state index is 8.88. The van der Waals surface area contributed by atoms with Crippen molar-refractivity contribution >= 4 is 197 Å². The fourth-order valence-electron chi connectivity index (χ4n) is 0. The van der Waals surface area contributed by atoms with Gasteiger partial charge in [-0.2, -0.15) is 0 Å². The van der Waals surface area contributed by atoms with Crippen LogP contribution in [0, 0.1) is 0 Å². The predicted octanol–water partition coefficient (Wildman–Crippen LogP) is -8.36. The monoisotopic (exact) mass is 460 g/mol. The summed E-state index contributed by atoms with van der Waals surface area (Å²) >= 11 is 0. The molecule has 0 aliphatic heterocycles. The number of phosphoric acid groups is 1. The topological polar surface area (TPSA) is 250 Å². The number of rotatable bonds is 0. The first kappa shape index (κ1) is 49.9. The molecule has 21 heteroatoms. The molecule has 9 N–H and O–H groups in total. The van der Waals surface area contributed by atoms with Crippen molar-refractivity contribution in [2.45, 2.75) is 0 Å². The van der Waals surface area contributed by atoms with Gasteiger partial charge in [0, 0.05) is 0 Å². The van der Waals surface area contributed by atoms with Crippen LogP contribution in [0.4, 0.5) is 0 Å². The normalized spacial score (nSPS) is 6.24. The third-order valence-electron chi connectivity index (χ3n) is 0. The Balaban J connectivity index is -0.0000000169. The summed E-state index contributed by atoms with van der Waals surface area (Å²) in [5.41, 5.74) is 0. The van der Waals surface area contributed by atoms with Crippen LogP contribution in [0.25, 0.3) is 0 Å². The molecule has 0 bridgehead atoms. The van der Waals surface area contributed by atoms with Crippen molar-refractivity contribution in [3.8, 4) is 0 Å². The van der Waals surface area contributed by atoms with Gasteiger partial charge in [0.15, 0.2) is 0 Å². The van der Waals surface area contributed by atoms with Crippen molar-refractivity contribution in [3.05, 3.63) is 0 Å². The summed E-state index contributed by atoms with van der Waals surface area (Å²) in [5, 5.41) is 0. The molecular weight excluding hydrogens is 447 g/mol. The van der Waals surface area contributed by atoms with Crippen LogP contribution < -0.4 is 0 Å². The van der Waals surface area contributed by atoms with E-state index in [4.69, 9.17) is 61.4 Å². The molecule has 0 aromatic heterocycles. The maximum absolute atomic E-state index is 8.88. The van der Waals surface area contributed by atoms with Gasteiger partial charge in [0.05, 0.1) is 0 Å². The average Bonchev–Trinajstić information content (AvgIpc) is 1.73. The van der Waals surface area contributed by atoms with Crippen LogP contribution in [0.15, 0.2) is 0 Å². The second-order valence-corrected chi connectivity index (χ2v) is 4.08. The van der Waals surface area contributed by atoms with E-state index in [2.05, 4.69) is 0 Å². The van der Waals surface area contributed by atoms with E-state index in [1.54, 1.807) is 0 Å². The van der Waals surface area contributed by atoms with Crippen LogP contribution >= 0.6 is 7.82 Å². The van der Waals surface area contributed by atoms with Crippen molar-refractivity contribution in [2.24, 2.45) is 0 Å². The van der Waals surface area contributed by atoms with E-state index in [1.807, 2.05) is 0 Å². The van der Waals surface area contributed by atoms with Crippen LogP contribution in [0.3, 0.4) is 0 Å². The van der Waals surface area contributed by atoms with E-state index in [0.29, 0.717) is 0 Å². The van der Waals surface area contributed by atoms with Crippen molar-refractivity contribution in [3.63, 3.8) is 0 Å². The Morgan fingerprint density at radius 2 is 0.571 bits per heavy atom. The molecule has 0 amide bonds. The Hall–Kier alpha value is 4.23. The third kappa shape index (κ3) is 668. The summed E-state index contributed by atoms with van der Waals surface area (Å²) in [4.78, 5) is 64.5. The van der Waals surface area contributed by atoms with E-state index in [0.717, 1.165) is 0 Å². The van der Waals surface area contributed by atoms with E-state index >= 15 is 0 Å². The average molecular weight is 460 g/mol. The van der Waals surface area contributed by atoms with Crippen molar-refractivity contribution in [1.82, 2.24) is 0 Å². The van der Waals surface area contributed by atoms with Crippen molar-refractivity contribution in [2.75, 3.05) is 0 Å². The van der Waals surface area contributed by atoms with Crippen molar-refractivity contribution < 1.29 is 61.4 Å². The van der Waals surface area contributed by atoms with Gasteiger partial charge in [-0.05, 0) is 0 Å². The summed E-state index contributed by atoms with van der Waals surface area (Å²) < 4.78 is 35.1. The number of hydrogen-bond donors (Lipinski definition) is 9. The molecule has 0 aliphatic carbocycles. The fourth-order valence-corrected chi connectivity index (χ4v) is 0. The van der Waals surface area contributed by atoms with Gasteiger partial charge in [0.1, 0.15) is 0 Å². The van der Waals surface area contributed by atoms with E-state index in [9.17, 15) is 0 Å². The van der Waals surface area contributed by atoms with Crippen LogP contribution in [0.2, 0.25) is 0 Å². The molecule has 112 valence electrons. The zero-order valence-corrected chi connectivity index (χ0v) is 11.5. The van der Waals surface area contributed by atoms with Gasteiger partial charge in [-0.1, -0.05) is 0 Å². The molecule has 0 rings (SSSR count). The minimum atomic E-state index is -4.64. The molecule has 0 heterocycles. The second kappa shape index (κ2) is 35.4. The summed E-state index contributed by atoms with van der Waals surface area (Å²) in [6.45, 7) is 0. The van der Waals surface area contributed by atoms with Gasteiger partial charge in [0.2, 0.25) is 0 Å². The van der Waals surface area contributed by atoms with Gasteiger partial charge in [-0.25, -0.2) is 4.57 Å². The van der Waals surface area contributed by atoms with Gasteiger partial charge in [-0.3, -0.25) is 13.4 Å². The second-order valence-electron chi connectivity index (χ2n) is 1.36. The SMILES string of the molecule is O=P(O)(O)O.O=[Si](O)O.O=[Si](O)O.O=[Si](O)O.[KH].[KH].[NaH].[NaH]. The summed E-state index contributed by atoms with van der Waals surface area (Å²) in [6.07, 6.45) is 0. The van der Waals surface area contributed by atoms with Gasteiger partial charge >= 0.3 is 197 Å². The molecule has 21 heavy (non-hydrogen) atoms. The summed E-state index contributed by atoms with van der Waals surface area (Å²) in [5.74, 6) is 0. The molecule has 0 saturated heterocycles. The van der Waals surface area contributed by atoms with Crippen LogP contribution in [0.5, 0.6) is 0 Å². The molecule has 0 radical (unpaired) electrons. The third-order valence-corrected chi connectivity index (χ3v) is 0. The summed E-state index contributed by atoms with van der Waals surface area (Å²) in [6, 6.07) is 0. The first-order valence-electron chi connectivity index (χ1n) is 2.74. The Kier molecular flexibility index (Phi) is 84.0. The predicted molar refractivity (Wildman–Crippen MR) is 75.5 cm³/mol. The molecule has 0 atom stereocenters. The molecular formula is H13K2Na2O13PSi3. The molecule has 0 aromatic rings. The summed E-state index contributed by atoms with van der Waals surface area (Å²) in [7, 11) is -14.0. The molecule has 0 aromatic carbocycles. The molecule has 0 spiro atoms. The first-order valence-corrected chi connectivity index (χ1v) is 8.21. The fraction of sp³-hybridized carbons (Fsp3) is 0. The van der Waals surface area contributed by atoms with Crippen LogP contribution in [0.1, 0.15) is 0 Å². The van der Waals surface area contributed by atoms with Crippen LogP contribution in [-0.2, 0) is 18.0 Å². The van der Waals surface area contributed by atoms with Crippen LogP contribution in [-0.4, -0.2) is 233 Å². The Bertz CT molecular complexity index is 232. The quantitative estimate of drug-likeness (QED) is 0.120. The molecule has 0 saturated carbocycles. The molecule has 0 unspecified atom stereocenters. The number of hydrogen-bond acceptors (Lipinski definition) is 4. The molecule has 13 nitrogen and oxygen atoms in total. The first-order chi connectivity index (χ1) is 7.20. The zero-order chi connectivity index (χ0) is 15.2. The standard InChI is InChI=1S/2K.2Na.H3O4P.3H2O3Si.4H/c;;;;1-5(2,3)4;3*1-4(2)3;;;;/h;;;;(H3,1,2,3,4);3*1-2H;;;;. The molecule has 0 aliphatic rings. The van der Waals surface area contributed by atoms with E-state index in [1.165, 1.54) is 0 Å². The van der Waals surface area contributed by atoms with Gasteiger partial charge in [-0.15, -0.1) is 0 Å². The Morgan fingerprint density at radius 3 is 0.571 bits per heavy atom. The van der Waals surface area contributed by atoms with E-state index < -0.39 is 35.3 Å². The minimum absolute atomic E-state index is 0. The molecule has 0 fully saturated rings. The van der Waals surface area contributed by atoms with Gasteiger partial charge in [0.25, 0.3) is 0 Å². The zero-order valence-electron chi connectivity index (χ0n) is 7.61.